The molecule has 3 N–H and O–H groups in total. The average Bonchev–Trinajstić information content (AvgIpc) is 1.61. The Labute approximate surface area is 648 Å². The van der Waals surface area contributed by atoms with Crippen molar-refractivity contribution in [2.45, 2.75) is 77.2 Å². The van der Waals surface area contributed by atoms with Crippen LogP contribution in [0, 0.1) is 17.5 Å². The molecule has 10 rings (SSSR count). The van der Waals surface area contributed by atoms with Gasteiger partial charge in [-0.2, -0.15) is 26.3 Å². The first-order valence-corrected chi connectivity index (χ1v) is 34.8. The second-order valence-electron chi connectivity index (χ2n) is 27.7. The van der Waals surface area contributed by atoms with Crippen LogP contribution in [0.1, 0.15) is 67.4 Å². The number of esters is 3. The number of hydrogen-bond donors (Lipinski definition) is 3. The first kappa shape index (κ1) is 91.2. The number of carboxylic acid groups (broad SMARTS) is 2. The predicted octanol–water partition coefficient (Wildman–Crippen LogP) is 12.1. The van der Waals surface area contributed by atoms with Gasteiger partial charge < -0.3 is 95.9 Å². The monoisotopic (exact) mass is 1600 g/mol. The fourth-order valence-corrected chi connectivity index (χ4v) is 13.6. The molecule has 25 nitrogen and oxygen atoms in total. The summed E-state index contributed by atoms with van der Waals surface area (Å²) in [4.78, 5) is 70.2. The topological polar surface area (TPSA) is 251 Å². The molecule has 0 fully saturated rings. The number of rotatable bonds is 25. The number of nitrogens with one attached hydrogen (secondary N) is 1. The summed E-state index contributed by atoms with van der Waals surface area (Å²) in [7, 11) is 36.1. The van der Waals surface area contributed by atoms with Gasteiger partial charge in [-0.25, -0.2) is 13.2 Å². The van der Waals surface area contributed by atoms with Gasteiger partial charge in [0.15, 0.2) is 34.7 Å². The Hall–Kier alpha value is -10.7. The zero-order chi connectivity index (χ0) is 84.9. The maximum atomic E-state index is 14.7. The molecule has 0 atom stereocenters. The van der Waals surface area contributed by atoms with E-state index in [4.69, 9.17) is 38.3 Å². The van der Waals surface area contributed by atoms with Crippen LogP contribution in [0.5, 0.6) is 28.7 Å². The molecule has 0 unspecified atom stereocenters. The number of hydrogen-bond acceptors (Lipinski definition) is 18. The van der Waals surface area contributed by atoms with E-state index in [0.29, 0.717) is 93.6 Å². The smallest absolute Gasteiger partial charge is 0.420 e. The second kappa shape index (κ2) is 38.7. The molecule has 0 amide bonds. The number of fused-ring (bicyclic) bond motifs is 5. The summed E-state index contributed by atoms with van der Waals surface area (Å²) in [6.45, 7) is 2.46. The third kappa shape index (κ3) is 21.2. The molecule has 10 aromatic rings. The predicted molar refractivity (Wildman–Crippen MR) is 409 cm³/mol. The maximum Gasteiger partial charge on any atom is 0.420 e. The van der Waals surface area contributed by atoms with Crippen molar-refractivity contribution >= 4 is 84.4 Å². The molecule has 34 heteroatoms. The van der Waals surface area contributed by atoms with Crippen LogP contribution in [-0.2, 0) is 144 Å². The van der Waals surface area contributed by atoms with Crippen LogP contribution in [0.4, 0.5) is 39.5 Å². The standard InChI is InChI=1S/C17H21F3N2O3.C16H19F3N2O3.C16H21FN2O3.2C15H19FN2O3/c1-21(2)9-12-10(8-14(23)25-5)15-11(22(12)3)6-7-13(24-4)16(15)17(18,19)20;1-20(2)8-11-9(7-13(22)23)14-10(21(11)3)5-6-12(24-4)15(14)16(17,18)19;1-18(2)9-12-10(8-14(20)22-5)15-11(19(12)3)6-7-13(21-4)16(15)17;1-18(2)8-13-10(6-15(19)21-4)9-5-14(20-3)11(16)7-12(9)17-13;1-17(2)8-11-9(7-13(19)20)14-10(18(11)3)5-6-12(21-4)15(14)16/h6-7H,8-9H2,1-5H3;5-6H,7-8H2,1-4H3,(H,22,23);6-7H,8-9H2,1-5H3;5,7,17H,6,8H2,1-4H3;5-6H,7-8H2,1-4H3,(H,19,20). The van der Waals surface area contributed by atoms with E-state index < -0.39 is 71.2 Å². The van der Waals surface area contributed by atoms with Crippen molar-refractivity contribution in [1.82, 2.24) is 47.8 Å². The lowest BCUT2D eigenvalue weighted by Gasteiger charge is -2.15. The lowest BCUT2D eigenvalue weighted by atomic mass is 10.0. The third-order valence-electron chi connectivity index (χ3n) is 18.5. The number of methoxy groups -OCH3 is 8. The fraction of sp³-hybridized carbons (Fsp3) is 0.430. The van der Waals surface area contributed by atoms with E-state index in [1.165, 1.54) is 74.0 Å². The van der Waals surface area contributed by atoms with Crippen molar-refractivity contribution in [3.05, 3.63) is 146 Å². The zero-order valence-electron chi connectivity index (χ0n) is 67.5. The summed E-state index contributed by atoms with van der Waals surface area (Å²) in [6.07, 6.45) is -10.1. The van der Waals surface area contributed by atoms with Gasteiger partial charge in [-0.15, -0.1) is 0 Å². The molecule has 0 saturated carbocycles. The number of alkyl halides is 6. The molecular weight excluding hydrogens is 1500 g/mol. The number of aliphatic carboxylic acids is 2. The van der Waals surface area contributed by atoms with Crippen molar-refractivity contribution in [2.24, 2.45) is 28.2 Å². The lowest BCUT2D eigenvalue weighted by molar-refractivity contribution is -0.140. The van der Waals surface area contributed by atoms with Crippen molar-refractivity contribution < 1.29 is 112 Å². The number of aromatic nitrogens is 5. The minimum absolute atomic E-state index is 0.0170. The third-order valence-corrected chi connectivity index (χ3v) is 18.5. The summed E-state index contributed by atoms with van der Waals surface area (Å²) in [5.41, 5.74) is 7.12. The van der Waals surface area contributed by atoms with E-state index in [0.717, 1.165) is 40.7 Å². The van der Waals surface area contributed by atoms with Gasteiger partial charge in [0.2, 0.25) is 0 Å². The van der Waals surface area contributed by atoms with Gasteiger partial charge in [-0.05, 0) is 153 Å². The largest absolute Gasteiger partial charge is 0.496 e. The Kier molecular flexibility index (Phi) is 31.2. The number of H-pyrrole nitrogens is 1. The molecule has 0 bridgehead atoms. The molecule has 0 aliphatic heterocycles. The van der Waals surface area contributed by atoms with Crippen molar-refractivity contribution in [3.8, 4) is 28.7 Å². The number of nitrogens with zero attached hydrogens (tertiary/aromatic N) is 9. The molecule has 0 saturated heterocycles. The number of carbonyl (C=O) groups excluding carboxylic acids is 3. The van der Waals surface area contributed by atoms with Crippen LogP contribution in [-0.4, -0.2) is 215 Å². The summed E-state index contributed by atoms with van der Waals surface area (Å²) in [6, 6.07) is 15.4. The van der Waals surface area contributed by atoms with Crippen LogP contribution >= 0.6 is 0 Å². The first-order valence-electron chi connectivity index (χ1n) is 34.8. The number of carboxylic acids is 2. The summed E-state index contributed by atoms with van der Waals surface area (Å²) >= 11 is 0. The molecule has 0 aliphatic carbocycles. The highest BCUT2D eigenvalue weighted by atomic mass is 19.4. The number of ether oxygens (including phenoxy) is 8. The highest BCUT2D eigenvalue weighted by Crippen LogP contribution is 2.47. The van der Waals surface area contributed by atoms with Gasteiger partial charge in [0.05, 0.1) is 100 Å². The molecule has 0 aliphatic rings. The molecule has 5 aromatic heterocycles. The van der Waals surface area contributed by atoms with E-state index in [2.05, 4.69) is 9.72 Å². The molecule has 113 heavy (non-hydrogen) atoms. The van der Waals surface area contributed by atoms with E-state index in [1.54, 1.807) is 78.6 Å². The van der Waals surface area contributed by atoms with Crippen LogP contribution < -0.4 is 23.7 Å². The van der Waals surface area contributed by atoms with Gasteiger partial charge in [-0.3, -0.25) is 24.0 Å². The molecular formula is C79H99F9N10O15. The maximum absolute atomic E-state index is 14.7. The van der Waals surface area contributed by atoms with Gasteiger partial charge in [0.1, 0.15) is 22.6 Å². The highest BCUT2D eigenvalue weighted by molar-refractivity contribution is 5.97. The van der Waals surface area contributed by atoms with Crippen LogP contribution in [0.3, 0.4) is 0 Å². The molecule has 0 spiro atoms. The van der Waals surface area contributed by atoms with Gasteiger partial charge in [0.25, 0.3) is 0 Å². The molecule has 0 radical (unpaired) electrons. The van der Waals surface area contributed by atoms with Gasteiger partial charge in [0, 0.05) is 139 Å². The number of aromatic amines is 1. The summed E-state index contributed by atoms with van der Waals surface area (Å²) in [5, 5.41) is 19.7. The first-order chi connectivity index (χ1) is 52.9. The molecule has 618 valence electrons. The van der Waals surface area contributed by atoms with E-state index in [-0.39, 0.29) is 76.7 Å². The Bertz CT molecular complexity index is 5090. The number of halogens is 9. The lowest BCUT2D eigenvalue weighted by Crippen LogP contribution is -2.16. The Morgan fingerprint density at radius 1 is 0.381 bits per heavy atom. The van der Waals surface area contributed by atoms with Gasteiger partial charge in [-0.1, -0.05) is 0 Å². The number of benzene rings is 5. The van der Waals surface area contributed by atoms with E-state index >= 15 is 0 Å². The van der Waals surface area contributed by atoms with E-state index in [9.17, 15) is 68.6 Å². The van der Waals surface area contributed by atoms with Crippen LogP contribution in [0.25, 0.3) is 54.5 Å². The summed E-state index contributed by atoms with van der Waals surface area (Å²) in [5.74, 6) is -5.02. The van der Waals surface area contributed by atoms with E-state index in [1.807, 2.05) is 99.2 Å². The second-order valence-corrected chi connectivity index (χ2v) is 27.7. The minimum atomic E-state index is -4.66. The minimum Gasteiger partial charge on any atom is -0.496 e. The SMILES string of the molecule is COC(=O)Cc1c(CN(C)C)[nH]c2cc(F)c(OC)cc12.COC(=O)Cc1c(CN(C)C)n(C)c2ccc(OC)c(C(F)(F)F)c12.COC(=O)Cc1c(CN(C)C)n(C)c2ccc(OC)c(F)c12.COc1ccc2c(c(CC(=O)O)c(CN(C)C)n2C)c1C(F)(F)F.COc1ccc2c(c1F)c(CC(=O)O)c(CN(C)C)n2C. The quantitative estimate of drug-likeness (QED) is 0.0273. The molecule has 5 aromatic carbocycles. The van der Waals surface area contributed by atoms with Gasteiger partial charge >= 0.3 is 42.2 Å². The Balaban J connectivity index is 0.000000220. The Morgan fingerprint density at radius 2 is 0.655 bits per heavy atom. The number of carbonyl (C=O) groups is 5. The fourth-order valence-electron chi connectivity index (χ4n) is 13.6. The van der Waals surface area contributed by atoms with Crippen LogP contribution in [0.15, 0.2) is 60.7 Å². The van der Waals surface area contributed by atoms with Crippen molar-refractivity contribution in [3.63, 3.8) is 0 Å². The highest BCUT2D eigenvalue weighted by Gasteiger charge is 2.41. The van der Waals surface area contributed by atoms with Crippen molar-refractivity contribution in [2.75, 3.05) is 127 Å². The normalized spacial score (nSPS) is 11.6. The summed E-state index contributed by atoms with van der Waals surface area (Å²) < 4.78 is 171. The average molecular weight is 1600 g/mol. The zero-order valence-corrected chi connectivity index (χ0v) is 67.5. The number of aryl methyl sites for hydroxylation is 4. The Morgan fingerprint density at radius 3 is 0.938 bits per heavy atom. The van der Waals surface area contributed by atoms with Crippen LogP contribution in [0.2, 0.25) is 0 Å². The molecule has 5 heterocycles. The van der Waals surface area contributed by atoms with Crippen molar-refractivity contribution in [1.29, 1.82) is 0 Å².